The van der Waals surface area contributed by atoms with Gasteiger partial charge in [0.05, 0.1) is 6.61 Å². The predicted molar refractivity (Wildman–Crippen MR) is 116 cm³/mol. The second-order valence-corrected chi connectivity index (χ2v) is 10.00. The van der Waals surface area contributed by atoms with Crippen LogP contribution in [0.2, 0.25) is 0 Å². The van der Waals surface area contributed by atoms with Crippen molar-refractivity contribution in [3.05, 3.63) is 60.2 Å². The van der Waals surface area contributed by atoms with Gasteiger partial charge >= 0.3 is 0 Å². The van der Waals surface area contributed by atoms with E-state index < -0.39 is 29.9 Å². The number of ether oxygens (including phenoxy) is 4. The van der Waals surface area contributed by atoms with Crippen LogP contribution in [0.1, 0.15) is 45.6 Å². The standard InChI is InChI=1S/C26H32O5/c1-5-17-12-19-11-16(2)14-26(28-15-18-9-7-6-8-10-18)22(21(27)20(19)13-17)29-24-23(26)30-25(3,4)31-24/h5-11,17,19-20,22-24H,1,12-15H2,2-4H3/b16-11-/t17-,19+,20-,22-,23+,24-,26-/m1/s1. The zero-order chi connectivity index (χ0) is 21.8. The van der Waals surface area contributed by atoms with Crippen molar-refractivity contribution in [2.45, 2.75) is 76.5 Å². The Kier molecular flexibility index (Phi) is 5.21. The minimum atomic E-state index is -0.914. The summed E-state index contributed by atoms with van der Waals surface area (Å²) in [6.45, 7) is 10.2. The SMILES string of the molecule is C=C[C@@H]1C[C@@H]2/C=C(/C)C[C@@]3(OCc4ccccc4)[C@H](O[C@@H]4OC(C)(C)O[C@@H]43)C(=O)[C@@H]2C1. The zero-order valence-corrected chi connectivity index (χ0v) is 18.6. The Morgan fingerprint density at radius 2 is 1.97 bits per heavy atom. The zero-order valence-electron chi connectivity index (χ0n) is 18.6. The molecule has 0 bridgehead atoms. The normalized spacial score (nSPS) is 42.7. The molecule has 5 nitrogen and oxygen atoms in total. The van der Waals surface area contributed by atoms with Crippen LogP contribution < -0.4 is 0 Å². The number of carbonyl (C=O) groups excluding carboxylic acids is 1. The molecule has 2 saturated heterocycles. The lowest BCUT2D eigenvalue weighted by Crippen LogP contribution is -2.56. The molecule has 166 valence electrons. The van der Waals surface area contributed by atoms with Gasteiger partial charge in [0.1, 0.15) is 11.7 Å². The Hall–Kier alpha value is -1.79. The molecule has 0 spiro atoms. The van der Waals surface area contributed by atoms with E-state index in [0.29, 0.717) is 18.9 Å². The van der Waals surface area contributed by atoms with E-state index in [0.717, 1.165) is 18.4 Å². The third kappa shape index (κ3) is 3.62. The van der Waals surface area contributed by atoms with Crippen LogP contribution in [0.5, 0.6) is 0 Å². The van der Waals surface area contributed by atoms with Crippen molar-refractivity contribution >= 4 is 5.78 Å². The van der Waals surface area contributed by atoms with Crippen LogP contribution in [0.15, 0.2) is 54.6 Å². The Bertz CT molecular complexity index is 890. The summed E-state index contributed by atoms with van der Waals surface area (Å²) < 4.78 is 25.3. The van der Waals surface area contributed by atoms with Gasteiger partial charge in [-0.05, 0) is 51.0 Å². The van der Waals surface area contributed by atoms with E-state index in [2.05, 4.69) is 19.6 Å². The van der Waals surface area contributed by atoms with Gasteiger partial charge in [-0.15, -0.1) is 6.58 Å². The molecule has 5 rings (SSSR count). The maximum Gasteiger partial charge on any atom is 0.191 e. The molecule has 0 amide bonds. The fourth-order valence-corrected chi connectivity index (χ4v) is 5.93. The van der Waals surface area contributed by atoms with Gasteiger partial charge in [-0.25, -0.2) is 0 Å². The van der Waals surface area contributed by atoms with E-state index in [1.165, 1.54) is 5.57 Å². The minimum Gasteiger partial charge on any atom is -0.364 e. The number of allylic oxidation sites excluding steroid dienone is 2. The third-order valence-corrected chi connectivity index (χ3v) is 7.26. The molecular formula is C26H32O5. The highest BCUT2D eigenvalue weighted by Crippen LogP contribution is 2.52. The van der Waals surface area contributed by atoms with Crippen LogP contribution in [-0.4, -0.2) is 35.7 Å². The van der Waals surface area contributed by atoms with Crippen LogP contribution in [0.25, 0.3) is 0 Å². The molecule has 1 aromatic carbocycles. The number of carbonyl (C=O) groups is 1. The number of benzene rings is 1. The molecule has 5 heteroatoms. The van der Waals surface area contributed by atoms with Gasteiger partial charge in [-0.3, -0.25) is 4.79 Å². The van der Waals surface area contributed by atoms with Crippen LogP contribution >= 0.6 is 0 Å². The summed E-state index contributed by atoms with van der Waals surface area (Å²) in [5.41, 5.74) is 1.35. The largest absolute Gasteiger partial charge is 0.364 e. The molecule has 0 aromatic heterocycles. The molecule has 7 atom stereocenters. The second-order valence-electron chi connectivity index (χ2n) is 10.00. The molecule has 0 N–H and O–H groups in total. The highest BCUT2D eigenvalue weighted by Gasteiger charge is 2.67. The lowest BCUT2D eigenvalue weighted by molar-refractivity contribution is -0.237. The number of Topliss-reactive ketones (excluding diaryl/α,β-unsaturated/α-hetero) is 1. The molecule has 0 unspecified atom stereocenters. The van der Waals surface area contributed by atoms with Crippen molar-refractivity contribution in [2.24, 2.45) is 17.8 Å². The number of hydrogen-bond acceptors (Lipinski definition) is 5. The van der Waals surface area contributed by atoms with Crippen LogP contribution in [0, 0.1) is 17.8 Å². The molecule has 0 radical (unpaired) electrons. The number of ketones is 1. The lowest BCUT2D eigenvalue weighted by Gasteiger charge is -2.40. The summed E-state index contributed by atoms with van der Waals surface area (Å²) >= 11 is 0. The molecule has 1 saturated carbocycles. The van der Waals surface area contributed by atoms with Crippen molar-refractivity contribution in [1.82, 2.24) is 0 Å². The van der Waals surface area contributed by atoms with Crippen LogP contribution in [0.3, 0.4) is 0 Å². The van der Waals surface area contributed by atoms with Gasteiger partial charge in [0.2, 0.25) is 0 Å². The van der Waals surface area contributed by atoms with E-state index in [1.54, 1.807) is 0 Å². The molecule has 1 aromatic rings. The van der Waals surface area contributed by atoms with E-state index in [1.807, 2.05) is 50.3 Å². The van der Waals surface area contributed by atoms with Gasteiger partial charge in [-0.2, -0.15) is 0 Å². The van der Waals surface area contributed by atoms with E-state index in [9.17, 15) is 4.79 Å². The molecule has 2 aliphatic carbocycles. The van der Waals surface area contributed by atoms with E-state index in [-0.39, 0.29) is 17.6 Å². The smallest absolute Gasteiger partial charge is 0.191 e. The molecule has 3 fully saturated rings. The van der Waals surface area contributed by atoms with Gasteiger partial charge in [0.15, 0.2) is 24.0 Å². The summed E-state index contributed by atoms with van der Waals surface area (Å²) in [5, 5.41) is 0. The Morgan fingerprint density at radius 3 is 2.71 bits per heavy atom. The number of fused-ring (bicyclic) bond motifs is 4. The first-order valence-corrected chi connectivity index (χ1v) is 11.3. The Balaban J connectivity index is 1.53. The van der Waals surface area contributed by atoms with Crippen LogP contribution in [0.4, 0.5) is 0 Å². The summed E-state index contributed by atoms with van der Waals surface area (Å²) in [5.74, 6) is -0.172. The van der Waals surface area contributed by atoms with Gasteiger partial charge in [0, 0.05) is 12.3 Å². The maximum absolute atomic E-state index is 13.9. The minimum absolute atomic E-state index is 0.0882. The summed E-state index contributed by atoms with van der Waals surface area (Å²) in [6, 6.07) is 10.0. The van der Waals surface area contributed by atoms with Gasteiger partial charge in [-0.1, -0.05) is 48.1 Å². The van der Waals surface area contributed by atoms with Crippen LogP contribution in [-0.2, 0) is 30.3 Å². The van der Waals surface area contributed by atoms with E-state index in [4.69, 9.17) is 18.9 Å². The van der Waals surface area contributed by atoms with Crippen molar-refractivity contribution < 1.29 is 23.7 Å². The molecule has 31 heavy (non-hydrogen) atoms. The fraction of sp³-hybridized carbons (Fsp3) is 0.577. The first-order valence-electron chi connectivity index (χ1n) is 11.3. The summed E-state index contributed by atoms with van der Waals surface area (Å²) in [6.07, 6.45) is 4.85. The first kappa shape index (κ1) is 21.1. The van der Waals surface area contributed by atoms with Crippen molar-refractivity contribution in [3.63, 3.8) is 0 Å². The third-order valence-electron chi connectivity index (χ3n) is 7.26. The lowest BCUT2D eigenvalue weighted by atomic mass is 9.75. The average Bonchev–Trinajstić information content (AvgIpc) is 3.36. The van der Waals surface area contributed by atoms with Gasteiger partial charge < -0.3 is 18.9 Å². The fourth-order valence-electron chi connectivity index (χ4n) is 5.93. The maximum atomic E-state index is 13.9. The van der Waals surface area contributed by atoms with Crippen molar-refractivity contribution in [3.8, 4) is 0 Å². The molecule has 4 aliphatic rings. The Labute approximate surface area is 184 Å². The van der Waals surface area contributed by atoms with Crippen molar-refractivity contribution in [1.29, 1.82) is 0 Å². The number of rotatable bonds is 4. The van der Waals surface area contributed by atoms with Gasteiger partial charge in [0.25, 0.3) is 0 Å². The second kappa shape index (κ2) is 7.66. The van der Waals surface area contributed by atoms with Crippen molar-refractivity contribution in [2.75, 3.05) is 0 Å². The predicted octanol–water partition coefficient (Wildman–Crippen LogP) is 4.57. The summed E-state index contributed by atoms with van der Waals surface area (Å²) in [7, 11) is 0. The number of hydrogen-bond donors (Lipinski definition) is 0. The average molecular weight is 425 g/mol. The molecule has 2 aliphatic heterocycles. The monoisotopic (exact) mass is 424 g/mol. The highest BCUT2D eigenvalue weighted by atomic mass is 16.8. The highest BCUT2D eigenvalue weighted by molar-refractivity contribution is 5.88. The van der Waals surface area contributed by atoms with E-state index >= 15 is 0 Å². The first-order chi connectivity index (χ1) is 14.8. The molecule has 2 heterocycles. The molecular weight excluding hydrogens is 392 g/mol. The Morgan fingerprint density at radius 1 is 1.19 bits per heavy atom. The topological polar surface area (TPSA) is 54.0 Å². The summed E-state index contributed by atoms with van der Waals surface area (Å²) in [4.78, 5) is 13.9. The quantitative estimate of drug-likeness (QED) is 0.663.